The van der Waals surface area contributed by atoms with Crippen LogP contribution in [0, 0.1) is 5.92 Å². The summed E-state index contributed by atoms with van der Waals surface area (Å²) in [6, 6.07) is 0.262. The van der Waals surface area contributed by atoms with Crippen LogP contribution in [0.4, 0.5) is 0 Å². The molecule has 0 spiro atoms. The molecule has 0 bridgehead atoms. The zero-order valence-electron chi connectivity index (χ0n) is 9.87. The predicted octanol–water partition coefficient (Wildman–Crippen LogP) is 2.62. The molecule has 1 unspecified atom stereocenters. The van der Waals surface area contributed by atoms with Crippen molar-refractivity contribution in [2.24, 2.45) is 5.92 Å². The first-order valence-electron chi connectivity index (χ1n) is 6.58. The van der Waals surface area contributed by atoms with E-state index in [0.29, 0.717) is 5.78 Å². The van der Waals surface area contributed by atoms with Crippen molar-refractivity contribution in [2.75, 3.05) is 13.1 Å². The zero-order valence-corrected chi connectivity index (χ0v) is 9.87. The first-order valence-corrected chi connectivity index (χ1v) is 6.58. The van der Waals surface area contributed by atoms with Crippen LogP contribution in [-0.4, -0.2) is 29.8 Å². The van der Waals surface area contributed by atoms with Crippen molar-refractivity contribution in [3.05, 3.63) is 0 Å². The van der Waals surface area contributed by atoms with E-state index in [1.165, 1.54) is 32.2 Å². The molecule has 0 aromatic carbocycles. The number of carbonyl (C=O) groups excluding carboxylic acids is 1. The monoisotopic (exact) mass is 209 g/mol. The SMILES string of the molecule is CCN(CC1CC1)C1CCCCCC1=O. The third-order valence-electron chi connectivity index (χ3n) is 3.81. The summed E-state index contributed by atoms with van der Waals surface area (Å²) < 4.78 is 0. The van der Waals surface area contributed by atoms with Crippen LogP contribution in [0.3, 0.4) is 0 Å². The molecule has 1 atom stereocenters. The van der Waals surface area contributed by atoms with E-state index in [1.54, 1.807) is 0 Å². The van der Waals surface area contributed by atoms with Crippen molar-refractivity contribution in [3.8, 4) is 0 Å². The van der Waals surface area contributed by atoms with Crippen LogP contribution in [0.2, 0.25) is 0 Å². The number of rotatable bonds is 4. The van der Waals surface area contributed by atoms with Gasteiger partial charge in [0.25, 0.3) is 0 Å². The predicted molar refractivity (Wildman–Crippen MR) is 61.9 cm³/mol. The van der Waals surface area contributed by atoms with Gasteiger partial charge in [-0.2, -0.15) is 0 Å². The fourth-order valence-electron chi connectivity index (χ4n) is 2.64. The largest absolute Gasteiger partial charge is 0.298 e. The minimum Gasteiger partial charge on any atom is -0.298 e. The molecule has 0 N–H and O–H groups in total. The first-order chi connectivity index (χ1) is 7.31. The number of carbonyl (C=O) groups is 1. The Balaban J connectivity index is 1.93. The number of nitrogens with zero attached hydrogens (tertiary/aromatic N) is 1. The summed E-state index contributed by atoms with van der Waals surface area (Å²) in [5.41, 5.74) is 0. The second-order valence-electron chi connectivity index (χ2n) is 5.11. The molecule has 2 saturated carbocycles. The van der Waals surface area contributed by atoms with Gasteiger partial charge in [-0.25, -0.2) is 0 Å². The lowest BCUT2D eigenvalue weighted by Crippen LogP contribution is -2.41. The van der Waals surface area contributed by atoms with E-state index in [4.69, 9.17) is 0 Å². The van der Waals surface area contributed by atoms with E-state index >= 15 is 0 Å². The van der Waals surface area contributed by atoms with E-state index in [2.05, 4.69) is 11.8 Å². The minimum absolute atomic E-state index is 0.262. The quantitative estimate of drug-likeness (QED) is 0.663. The van der Waals surface area contributed by atoms with E-state index in [1.807, 2.05) is 0 Å². The van der Waals surface area contributed by atoms with E-state index < -0.39 is 0 Å². The topological polar surface area (TPSA) is 20.3 Å². The second kappa shape index (κ2) is 5.11. The Morgan fingerprint density at radius 1 is 1.20 bits per heavy atom. The Labute approximate surface area is 93.0 Å². The zero-order chi connectivity index (χ0) is 10.7. The van der Waals surface area contributed by atoms with E-state index in [-0.39, 0.29) is 6.04 Å². The van der Waals surface area contributed by atoms with Gasteiger partial charge in [0.15, 0.2) is 0 Å². The maximum Gasteiger partial charge on any atom is 0.149 e. The lowest BCUT2D eigenvalue weighted by molar-refractivity contribution is -0.124. The summed E-state index contributed by atoms with van der Waals surface area (Å²) >= 11 is 0. The van der Waals surface area contributed by atoms with Gasteiger partial charge in [0, 0.05) is 13.0 Å². The second-order valence-corrected chi connectivity index (χ2v) is 5.11. The Morgan fingerprint density at radius 3 is 2.67 bits per heavy atom. The summed E-state index contributed by atoms with van der Waals surface area (Å²) in [6.45, 7) is 4.42. The average molecular weight is 209 g/mol. The van der Waals surface area contributed by atoms with Crippen molar-refractivity contribution in [3.63, 3.8) is 0 Å². The molecular weight excluding hydrogens is 186 g/mol. The number of Topliss-reactive ketones (excluding diaryl/α,β-unsaturated/α-hetero) is 1. The number of hydrogen-bond donors (Lipinski definition) is 0. The van der Waals surface area contributed by atoms with Gasteiger partial charge in [-0.3, -0.25) is 9.69 Å². The molecule has 86 valence electrons. The van der Waals surface area contributed by atoms with Crippen LogP contribution in [0.1, 0.15) is 51.9 Å². The number of hydrogen-bond acceptors (Lipinski definition) is 2. The molecule has 0 radical (unpaired) electrons. The standard InChI is InChI=1S/C13H23NO/c1-2-14(10-11-8-9-11)12-6-4-3-5-7-13(12)15/h11-12H,2-10H2,1H3. The molecule has 0 aromatic rings. The maximum atomic E-state index is 12.0. The van der Waals surface area contributed by atoms with Crippen LogP contribution in [0.25, 0.3) is 0 Å². The van der Waals surface area contributed by atoms with Gasteiger partial charge in [0.2, 0.25) is 0 Å². The van der Waals surface area contributed by atoms with E-state index in [9.17, 15) is 4.79 Å². The molecule has 2 aliphatic rings. The lowest BCUT2D eigenvalue weighted by atomic mass is 10.1. The molecule has 0 saturated heterocycles. The number of likely N-dealkylation sites (N-methyl/N-ethyl adjacent to an activating group) is 1. The molecule has 15 heavy (non-hydrogen) atoms. The molecule has 0 aliphatic heterocycles. The van der Waals surface area contributed by atoms with E-state index in [0.717, 1.165) is 31.7 Å². The Hall–Kier alpha value is -0.370. The Kier molecular flexibility index (Phi) is 3.79. The molecule has 0 aromatic heterocycles. The van der Waals surface area contributed by atoms with Gasteiger partial charge >= 0.3 is 0 Å². The summed E-state index contributed by atoms with van der Waals surface area (Å²) in [5.74, 6) is 1.41. The Bertz CT molecular complexity index is 223. The highest BCUT2D eigenvalue weighted by Gasteiger charge is 2.30. The summed E-state index contributed by atoms with van der Waals surface area (Å²) in [5, 5.41) is 0. The van der Waals surface area contributed by atoms with Gasteiger partial charge in [0.1, 0.15) is 5.78 Å². The van der Waals surface area contributed by atoms with Gasteiger partial charge < -0.3 is 0 Å². The van der Waals surface area contributed by atoms with Crippen molar-refractivity contribution >= 4 is 5.78 Å². The third-order valence-corrected chi connectivity index (χ3v) is 3.81. The van der Waals surface area contributed by atoms with Crippen molar-refractivity contribution in [2.45, 2.75) is 57.9 Å². The van der Waals surface area contributed by atoms with Gasteiger partial charge in [-0.05, 0) is 38.1 Å². The van der Waals surface area contributed by atoms with Gasteiger partial charge in [0.05, 0.1) is 6.04 Å². The lowest BCUT2D eigenvalue weighted by Gasteiger charge is -2.28. The van der Waals surface area contributed by atoms with Crippen molar-refractivity contribution in [1.82, 2.24) is 4.90 Å². The molecule has 2 nitrogen and oxygen atoms in total. The molecule has 0 heterocycles. The first kappa shape index (κ1) is 11.1. The van der Waals surface area contributed by atoms with Crippen LogP contribution in [0.5, 0.6) is 0 Å². The van der Waals surface area contributed by atoms with Crippen molar-refractivity contribution < 1.29 is 4.79 Å². The highest BCUT2D eigenvalue weighted by atomic mass is 16.1. The van der Waals surface area contributed by atoms with Crippen LogP contribution in [0.15, 0.2) is 0 Å². The molecule has 2 rings (SSSR count). The average Bonchev–Trinajstić information content (AvgIpc) is 3.03. The highest BCUT2D eigenvalue weighted by Crippen LogP contribution is 2.31. The summed E-state index contributed by atoms with van der Waals surface area (Å²) in [6.07, 6.45) is 8.33. The third kappa shape index (κ3) is 3.04. The Morgan fingerprint density at radius 2 is 2.00 bits per heavy atom. The minimum atomic E-state index is 0.262. The van der Waals surface area contributed by atoms with Crippen LogP contribution < -0.4 is 0 Å². The highest BCUT2D eigenvalue weighted by molar-refractivity contribution is 5.84. The van der Waals surface area contributed by atoms with Gasteiger partial charge in [-0.1, -0.05) is 19.8 Å². The maximum absolute atomic E-state index is 12.0. The fraction of sp³-hybridized carbons (Fsp3) is 0.923. The van der Waals surface area contributed by atoms with Crippen LogP contribution >= 0.6 is 0 Å². The summed E-state index contributed by atoms with van der Waals surface area (Å²) in [7, 11) is 0. The van der Waals surface area contributed by atoms with Crippen LogP contribution in [-0.2, 0) is 4.79 Å². The normalized spacial score (nSPS) is 28.1. The molecule has 2 aliphatic carbocycles. The summed E-state index contributed by atoms with van der Waals surface area (Å²) in [4.78, 5) is 14.4. The molecular formula is C13H23NO. The molecule has 0 amide bonds. The number of ketones is 1. The molecule has 2 heteroatoms. The van der Waals surface area contributed by atoms with Gasteiger partial charge in [-0.15, -0.1) is 0 Å². The fourth-order valence-corrected chi connectivity index (χ4v) is 2.64. The van der Waals surface area contributed by atoms with Crippen molar-refractivity contribution in [1.29, 1.82) is 0 Å². The molecule has 2 fully saturated rings. The smallest absolute Gasteiger partial charge is 0.149 e.